The van der Waals surface area contributed by atoms with Crippen molar-refractivity contribution in [3.05, 3.63) is 59.5 Å². The number of aryl methyl sites for hydroxylation is 1. The van der Waals surface area contributed by atoms with Crippen LogP contribution in [0.3, 0.4) is 0 Å². The van der Waals surface area contributed by atoms with E-state index in [9.17, 15) is 0 Å². The first kappa shape index (κ1) is 12.3. The normalized spacial score (nSPS) is 10.7. The molecule has 5 heteroatoms. The van der Waals surface area contributed by atoms with Gasteiger partial charge in [-0.2, -0.15) is 4.98 Å². The van der Waals surface area contributed by atoms with Gasteiger partial charge in [0, 0.05) is 12.6 Å². The Morgan fingerprint density at radius 2 is 1.90 bits per heavy atom. The van der Waals surface area contributed by atoms with Crippen molar-refractivity contribution >= 4 is 5.82 Å². The van der Waals surface area contributed by atoms with Crippen molar-refractivity contribution in [2.45, 2.75) is 13.3 Å². The van der Waals surface area contributed by atoms with Crippen LogP contribution in [0.15, 0.2) is 47.1 Å². The van der Waals surface area contributed by atoms with Crippen molar-refractivity contribution < 1.29 is 4.52 Å². The molecule has 0 unspecified atom stereocenters. The quantitative estimate of drug-likeness (QED) is 0.788. The van der Waals surface area contributed by atoms with E-state index >= 15 is 0 Å². The maximum Gasteiger partial charge on any atom is 0.259 e. The Hall–Kier alpha value is -2.69. The molecule has 2 aromatic heterocycles. The van der Waals surface area contributed by atoms with Crippen LogP contribution in [0.1, 0.15) is 17.0 Å². The first-order valence-electron chi connectivity index (χ1n) is 6.31. The summed E-state index contributed by atoms with van der Waals surface area (Å²) >= 11 is 0. The fraction of sp³-hybridized carbons (Fsp3) is 0.133. The molecule has 2 heterocycles. The van der Waals surface area contributed by atoms with Crippen molar-refractivity contribution in [1.82, 2.24) is 15.1 Å². The van der Waals surface area contributed by atoms with Crippen LogP contribution in [0.25, 0.3) is 11.5 Å². The van der Waals surface area contributed by atoms with Crippen LogP contribution in [-0.2, 0) is 6.42 Å². The summed E-state index contributed by atoms with van der Waals surface area (Å²) in [4.78, 5) is 8.38. The van der Waals surface area contributed by atoms with E-state index in [-0.39, 0.29) is 0 Å². The minimum atomic E-state index is 0.458. The lowest BCUT2D eigenvalue weighted by atomic mass is 10.1. The molecule has 0 saturated carbocycles. The molecule has 0 amide bonds. The summed E-state index contributed by atoms with van der Waals surface area (Å²) in [5.74, 6) is 1.58. The number of nitrogens with two attached hydrogens (primary N) is 1. The predicted molar refractivity (Wildman–Crippen MR) is 75.9 cm³/mol. The second-order valence-corrected chi connectivity index (χ2v) is 4.65. The zero-order valence-electron chi connectivity index (χ0n) is 11.1. The maximum atomic E-state index is 5.55. The van der Waals surface area contributed by atoms with Gasteiger partial charge in [0.15, 0.2) is 5.82 Å². The van der Waals surface area contributed by atoms with Gasteiger partial charge in [-0.25, -0.2) is 4.98 Å². The molecule has 0 fully saturated rings. The van der Waals surface area contributed by atoms with E-state index in [1.807, 2.05) is 6.07 Å². The average Bonchev–Trinajstić information content (AvgIpc) is 2.91. The van der Waals surface area contributed by atoms with E-state index in [1.165, 1.54) is 5.56 Å². The number of nitrogens with zero attached hydrogens (tertiary/aromatic N) is 3. The Labute approximate surface area is 116 Å². The van der Waals surface area contributed by atoms with E-state index in [1.54, 1.807) is 12.3 Å². The highest BCUT2D eigenvalue weighted by atomic mass is 16.5. The molecule has 0 atom stereocenters. The van der Waals surface area contributed by atoms with Crippen LogP contribution in [0.2, 0.25) is 0 Å². The fourth-order valence-corrected chi connectivity index (χ4v) is 1.86. The third-order valence-corrected chi connectivity index (χ3v) is 2.98. The van der Waals surface area contributed by atoms with Gasteiger partial charge in [-0.15, -0.1) is 0 Å². The van der Waals surface area contributed by atoms with Gasteiger partial charge in [-0.05, 0) is 24.6 Å². The zero-order chi connectivity index (χ0) is 13.9. The summed E-state index contributed by atoms with van der Waals surface area (Å²) < 4.78 is 5.24. The Bertz CT molecular complexity index is 701. The third-order valence-electron chi connectivity index (χ3n) is 2.98. The largest absolute Gasteiger partial charge is 0.384 e. The topological polar surface area (TPSA) is 77.8 Å². The Kier molecular flexibility index (Phi) is 3.16. The van der Waals surface area contributed by atoms with Gasteiger partial charge in [0.05, 0.1) is 5.56 Å². The maximum absolute atomic E-state index is 5.55. The number of aromatic nitrogens is 3. The van der Waals surface area contributed by atoms with Gasteiger partial charge in [-0.1, -0.05) is 35.0 Å². The number of rotatable bonds is 3. The molecule has 100 valence electrons. The number of pyridine rings is 1. The number of benzene rings is 1. The molecule has 5 nitrogen and oxygen atoms in total. The summed E-state index contributed by atoms with van der Waals surface area (Å²) in [5, 5.41) is 3.99. The van der Waals surface area contributed by atoms with Crippen molar-refractivity contribution in [2.24, 2.45) is 0 Å². The molecule has 0 saturated heterocycles. The summed E-state index contributed by atoms with van der Waals surface area (Å²) in [5.41, 5.74) is 8.70. The van der Waals surface area contributed by atoms with Crippen molar-refractivity contribution in [3.8, 4) is 11.5 Å². The lowest BCUT2D eigenvalue weighted by molar-refractivity contribution is 0.424. The second-order valence-electron chi connectivity index (χ2n) is 4.65. The highest BCUT2D eigenvalue weighted by Crippen LogP contribution is 2.18. The van der Waals surface area contributed by atoms with Crippen LogP contribution in [0.5, 0.6) is 0 Å². The van der Waals surface area contributed by atoms with Crippen molar-refractivity contribution in [3.63, 3.8) is 0 Å². The van der Waals surface area contributed by atoms with Gasteiger partial charge in [0.25, 0.3) is 5.89 Å². The number of nitrogen functional groups attached to an aromatic ring is 1. The van der Waals surface area contributed by atoms with E-state index < -0.39 is 0 Å². The molecule has 0 bridgehead atoms. The molecule has 0 aliphatic heterocycles. The SMILES string of the molecule is Cc1ccc(Cc2noc(-c3ccc(N)nc3)n2)cc1. The Morgan fingerprint density at radius 1 is 1.10 bits per heavy atom. The molecule has 3 rings (SSSR count). The van der Waals surface area contributed by atoms with E-state index in [2.05, 4.69) is 46.3 Å². The summed E-state index contributed by atoms with van der Waals surface area (Å²) in [6.45, 7) is 2.06. The summed E-state index contributed by atoms with van der Waals surface area (Å²) in [6.07, 6.45) is 2.27. The van der Waals surface area contributed by atoms with Crippen molar-refractivity contribution in [1.29, 1.82) is 0 Å². The number of anilines is 1. The Morgan fingerprint density at radius 3 is 2.60 bits per heavy atom. The molecule has 0 spiro atoms. The minimum absolute atomic E-state index is 0.458. The van der Waals surface area contributed by atoms with Gasteiger partial charge in [-0.3, -0.25) is 0 Å². The number of hydrogen-bond acceptors (Lipinski definition) is 5. The molecular weight excluding hydrogens is 252 g/mol. The van der Waals surface area contributed by atoms with E-state index in [0.29, 0.717) is 24.0 Å². The molecule has 20 heavy (non-hydrogen) atoms. The highest BCUT2D eigenvalue weighted by molar-refractivity contribution is 5.53. The monoisotopic (exact) mass is 266 g/mol. The lowest BCUT2D eigenvalue weighted by Gasteiger charge is -1.97. The van der Waals surface area contributed by atoms with Crippen LogP contribution >= 0.6 is 0 Å². The molecule has 0 aliphatic carbocycles. The van der Waals surface area contributed by atoms with Gasteiger partial charge < -0.3 is 10.3 Å². The first-order valence-corrected chi connectivity index (χ1v) is 6.31. The number of hydrogen-bond donors (Lipinski definition) is 1. The standard InChI is InChI=1S/C15H14N4O/c1-10-2-4-11(5-3-10)8-14-18-15(20-19-14)12-6-7-13(16)17-9-12/h2-7,9H,8H2,1H3,(H2,16,17). The van der Waals surface area contributed by atoms with Crippen LogP contribution in [0.4, 0.5) is 5.82 Å². The Balaban J connectivity index is 1.80. The smallest absolute Gasteiger partial charge is 0.259 e. The molecule has 3 aromatic rings. The van der Waals surface area contributed by atoms with E-state index in [4.69, 9.17) is 10.3 Å². The van der Waals surface area contributed by atoms with E-state index in [0.717, 1.165) is 11.1 Å². The van der Waals surface area contributed by atoms with Crippen molar-refractivity contribution in [2.75, 3.05) is 5.73 Å². The fourth-order valence-electron chi connectivity index (χ4n) is 1.86. The molecule has 0 aliphatic rings. The molecular formula is C15H14N4O. The first-order chi connectivity index (χ1) is 9.70. The van der Waals surface area contributed by atoms with Gasteiger partial charge in [0.1, 0.15) is 5.82 Å². The lowest BCUT2D eigenvalue weighted by Crippen LogP contribution is -1.91. The highest BCUT2D eigenvalue weighted by Gasteiger charge is 2.09. The zero-order valence-corrected chi connectivity index (χ0v) is 11.1. The molecule has 2 N–H and O–H groups in total. The average molecular weight is 266 g/mol. The predicted octanol–water partition coefficient (Wildman–Crippen LogP) is 2.61. The molecule has 1 aromatic carbocycles. The van der Waals surface area contributed by atoms with Gasteiger partial charge >= 0.3 is 0 Å². The molecule has 0 radical (unpaired) electrons. The van der Waals surface area contributed by atoms with Gasteiger partial charge in [0.2, 0.25) is 0 Å². The van der Waals surface area contributed by atoms with Crippen LogP contribution in [-0.4, -0.2) is 15.1 Å². The van der Waals surface area contributed by atoms with Crippen LogP contribution in [0, 0.1) is 6.92 Å². The summed E-state index contributed by atoms with van der Waals surface area (Å²) in [7, 11) is 0. The summed E-state index contributed by atoms with van der Waals surface area (Å²) in [6, 6.07) is 11.8. The third kappa shape index (κ3) is 2.66. The minimum Gasteiger partial charge on any atom is -0.384 e. The van der Waals surface area contributed by atoms with Crippen LogP contribution < -0.4 is 5.73 Å². The second kappa shape index (κ2) is 5.13.